The van der Waals surface area contributed by atoms with Gasteiger partial charge in [0, 0.05) is 14.2 Å². The van der Waals surface area contributed by atoms with Crippen LogP contribution in [0.25, 0.3) is 0 Å². The van der Waals surface area contributed by atoms with Crippen LogP contribution in [0.1, 0.15) is 0 Å². The van der Waals surface area contributed by atoms with E-state index in [1.165, 1.54) is 0 Å². The molecule has 0 heterocycles. The van der Waals surface area contributed by atoms with E-state index in [1.54, 1.807) is 14.2 Å². The van der Waals surface area contributed by atoms with Gasteiger partial charge in [0.25, 0.3) is 0 Å². The highest BCUT2D eigenvalue weighted by molar-refractivity contribution is 4.08. The molecule has 64 valence electrons. The first kappa shape index (κ1) is 12.8. The summed E-state index contributed by atoms with van der Waals surface area (Å²) in [5, 5.41) is 0. The topological polar surface area (TPSA) is 18.5 Å². The number of rotatable bonds is 4. The molecule has 0 aliphatic rings. The summed E-state index contributed by atoms with van der Waals surface area (Å²) in [5.74, 6) is 0. The zero-order valence-electron chi connectivity index (χ0n) is 7.06. The molecule has 0 aliphatic heterocycles. The third kappa shape index (κ3) is 6.29. The molecule has 10 heavy (non-hydrogen) atoms. The van der Waals surface area contributed by atoms with Crippen LogP contribution in [-0.4, -0.2) is 46.3 Å². The van der Waals surface area contributed by atoms with E-state index in [0.29, 0.717) is 13.5 Å². The summed E-state index contributed by atoms with van der Waals surface area (Å²) in [4.78, 5) is 0. The van der Waals surface area contributed by atoms with Crippen molar-refractivity contribution in [3.05, 3.63) is 0 Å². The van der Waals surface area contributed by atoms with Gasteiger partial charge in [-0.05, 0) is 0 Å². The lowest BCUT2D eigenvalue weighted by Crippen LogP contribution is -3.00. The van der Waals surface area contributed by atoms with E-state index in [-0.39, 0.29) is 12.4 Å². The third-order valence-electron chi connectivity index (χ3n) is 0.957. The number of halogens is 1. The Bertz CT molecular complexity index is 70.1. The van der Waals surface area contributed by atoms with Crippen LogP contribution in [0.4, 0.5) is 0 Å². The minimum absolute atomic E-state index is 0. The van der Waals surface area contributed by atoms with Crippen molar-refractivity contribution in [1.29, 1.82) is 0 Å². The van der Waals surface area contributed by atoms with Gasteiger partial charge >= 0.3 is 0 Å². The molecule has 0 rings (SSSR count). The lowest BCUT2D eigenvalue weighted by atomic mass is 10.7. The summed E-state index contributed by atoms with van der Waals surface area (Å²) in [6, 6.07) is 0. The molecular weight excluding hydrogens is 154 g/mol. The van der Waals surface area contributed by atoms with Crippen LogP contribution in [0.3, 0.4) is 0 Å². The van der Waals surface area contributed by atoms with Gasteiger partial charge in [0.2, 0.25) is 0 Å². The maximum atomic E-state index is 4.95. The Balaban J connectivity index is 0. The van der Waals surface area contributed by atoms with E-state index < -0.39 is 0 Å². The number of ether oxygens (including phenoxy) is 2. The second-order valence-corrected chi connectivity index (χ2v) is 2.77. The minimum atomic E-state index is 0. The normalized spacial score (nSPS) is 10.8. The van der Waals surface area contributed by atoms with Gasteiger partial charge in [0.15, 0.2) is 13.5 Å². The Morgan fingerprint density at radius 1 is 1.00 bits per heavy atom. The molecule has 0 amide bonds. The number of nitrogens with zero attached hydrogens (tertiary/aromatic N) is 1. The summed E-state index contributed by atoms with van der Waals surface area (Å²) in [7, 11) is 7.48. The van der Waals surface area contributed by atoms with E-state index >= 15 is 0 Å². The van der Waals surface area contributed by atoms with E-state index in [2.05, 4.69) is 0 Å². The monoisotopic (exact) mass is 169 g/mol. The molecule has 0 fully saturated rings. The van der Waals surface area contributed by atoms with Crippen molar-refractivity contribution in [1.82, 2.24) is 0 Å². The van der Waals surface area contributed by atoms with Crippen LogP contribution >= 0.6 is 0 Å². The Hall–Kier alpha value is 0.170. The summed E-state index contributed by atoms with van der Waals surface area (Å²) < 4.78 is 10.6. The van der Waals surface area contributed by atoms with Gasteiger partial charge in [0.05, 0.1) is 14.1 Å². The number of hydrogen-bond donors (Lipinski definition) is 0. The highest BCUT2D eigenvalue weighted by atomic mass is 35.5. The standard InChI is InChI=1S/C6H16NO2.ClH/c1-7(2,5-8-3)6-9-4;/h5-6H2,1-4H3;1H/q+1;/p-1. The maximum absolute atomic E-state index is 4.95. The first-order valence-electron chi connectivity index (χ1n) is 2.92. The molecule has 0 atom stereocenters. The molecule has 4 heteroatoms. The molecule has 0 bridgehead atoms. The number of methoxy groups -OCH3 is 2. The van der Waals surface area contributed by atoms with Crippen molar-refractivity contribution >= 4 is 0 Å². The molecule has 0 saturated heterocycles. The molecular formula is C6H16ClNO2. The largest absolute Gasteiger partial charge is 1.00 e. The highest BCUT2D eigenvalue weighted by Crippen LogP contribution is 1.94. The second kappa shape index (κ2) is 5.92. The molecule has 0 radical (unpaired) electrons. The molecule has 0 N–H and O–H groups in total. The molecule has 0 aromatic rings. The lowest BCUT2D eigenvalue weighted by molar-refractivity contribution is -0.926. The first-order valence-corrected chi connectivity index (χ1v) is 2.92. The SMILES string of the molecule is COC[N+](C)(C)COC.[Cl-]. The Kier molecular flexibility index (Phi) is 7.58. The molecule has 0 aromatic heterocycles. The zero-order valence-corrected chi connectivity index (χ0v) is 7.81. The molecule has 0 aromatic carbocycles. The van der Waals surface area contributed by atoms with Crippen molar-refractivity contribution in [3.8, 4) is 0 Å². The fraction of sp³-hybridized carbons (Fsp3) is 1.00. The van der Waals surface area contributed by atoms with Gasteiger partial charge in [-0.2, -0.15) is 0 Å². The quantitative estimate of drug-likeness (QED) is 0.336. The van der Waals surface area contributed by atoms with E-state index in [1.807, 2.05) is 14.1 Å². The number of quaternary nitrogens is 1. The molecule has 0 saturated carbocycles. The molecule has 0 aliphatic carbocycles. The predicted octanol–water partition coefficient (Wildman–Crippen LogP) is -2.73. The maximum Gasteiger partial charge on any atom is 0.184 e. The van der Waals surface area contributed by atoms with Crippen molar-refractivity contribution in [3.63, 3.8) is 0 Å². The van der Waals surface area contributed by atoms with Crippen molar-refractivity contribution in [2.75, 3.05) is 41.8 Å². The van der Waals surface area contributed by atoms with Crippen molar-refractivity contribution in [2.45, 2.75) is 0 Å². The highest BCUT2D eigenvalue weighted by Gasteiger charge is 2.11. The predicted molar refractivity (Wildman–Crippen MR) is 35.9 cm³/mol. The summed E-state index contributed by atoms with van der Waals surface area (Å²) in [6.45, 7) is 1.38. The summed E-state index contributed by atoms with van der Waals surface area (Å²) >= 11 is 0. The van der Waals surface area contributed by atoms with Gasteiger partial charge in [-0.1, -0.05) is 0 Å². The van der Waals surface area contributed by atoms with Gasteiger partial charge < -0.3 is 21.9 Å². The average molecular weight is 170 g/mol. The van der Waals surface area contributed by atoms with Crippen LogP contribution in [0.5, 0.6) is 0 Å². The fourth-order valence-corrected chi connectivity index (χ4v) is 0.736. The molecule has 0 spiro atoms. The van der Waals surface area contributed by atoms with Crippen LogP contribution in [0.2, 0.25) is 0 Å². The van der Waals surface area contributed by atoms with Gasteiger partial charge in [-0.3, -0.25) is 4.48 Å². The van der Waals surface area contributed by atoms with Crippen molar-refractivity contribution < 1.29 is 26.4 Å². The van der Waals surface area contributed by atoms with Gasteiger partial charge in [-0.15, -0.1) is 0 Å². The Morgan fingerprint density at radius 3 is 1.50 bits per heavy atom. The molecule has 3 nitrogen and oxygen atoms in total. The van der Waals surface area contributed by atoms with Crippen LogP contribution < -0.4 is 12.4 Å². The minimum Gasteiger partial charge on any atom is -1.00 e. The van der Waals surface area contributed by atoms with Crippen LogP contribution in [0.15, 0.2) is 0 Å². The number of hydrogen-bond acceptors (Lipinski definition) is 2. The van der Waals surface area contributed by atoms with E-state index in [0.717, 1.165) is 4.48 Å². The summed E-state index contributed by atoms with van der Waals surface area (Å²) in [6.07, 6.45) is 0. The Labute approximate surface area is 68.9 Å². The van der Waals surface area contributed by atoms with E-state index in [4.69, 9.17) is 9.47 Å². The Morgan fingerprint density at radius 2 is 1.30 bits per heavy atom. The zero-order chi connectivity index (χ0) is 7.33. The lowest BCUT2D eigenvalue weighted by Gasteiger charge is -2.26. The van der Waals surface area contributed by atoms with Crippen molar-refractivity contribution in [2.24, 2.45) is 0 Å². The third-order valence-corrected chi connectivity index (χ3v) is 0.957. The van der Waals surface area contributed by atoms with Crippen LogP contribution in [-0.2, 0) is 9.47 Å². The summed E-state index contributed by atoms with van der Waals surface area (Å²) in [5.41, 5.74) is 0. The molecule has 0 unspecified atom stereocenters. The van der Waals surface area contributed by atoms with Gasteiger partial charge in [0.1, 0.15) is 0 Å². The smallest absolute Gasteiger partial charge is 0.184 e. The second-order valence-electron chi connectivity index (χ2n) is 2.77. The van der Waals surface area contributed by atoms with Crippen LogP contribution in [0, 0.1) is 0 Å². The first-order chi connectivity index (χ1) is 4.12. The fourth-order valence-electron chi connectivity index (χ4n) is 0.736. The average Bonchev–Trinajstić information content (AvgIpc) is 1.64. The van der Waals surface area contributed by atoms with E-state index in [9.17, 15) is 0 Å². The van der Waals surface area contributed by atoms with Gasteiger partial charge in [-0.25, -0.2) is 0 Å².